The van der Waals surface area contributed by atoms with Gasteiger partial charge >= 0.3 is 0 Å². The van der Waals surface area contributed by atoms with Crippen LogP contribution in [0.2, 0.25) is 0 Å². The van der Waals surface area contributed by atoms with Crippen LogP contribution in [0, 0.1) is 6.92 Å². The molecule has 0 spiro atoms. The summed E-state index contributed by atoms with van der Waals surface area (Å²) < 4.78 is 5.92. The summed E-state index contributed by atoms with van der Waals surface area (Å²) in [5.74, 6) is 0.930. The molecule has 0 aliphatic carbocycles. The van der Waals surface area contributed by atoms with Gasteiger partial charge in [0.05, 0.1) is 10.9 Å². The molecule has 7 heteroatoms. The van der Waals surface area contributed by atoms with Gasteiger partial charge in [0.2, 0.25) is 0 Å². The Morgan fingerprint density at radius 1 is 0.973 bits per heavy atom. The topological polar surface area (TPSA) is 101 Å². The predicted octanol–water partition coefficient (Wildman–Crippen LogP) is 5.64. The van der Waals surface area contributed by atoms with E-state index < -0.39 is 0 Å². The Morgan fingerprint density at radius 2 is 1.84 bits per heavy atom. The van der Waals surface area contributed by atoms with E-state index in [0.717, 1.165) is 33.4 Å². The van der Waals surface area contributed by atoms with Crippen molar-refractivity contribution in [2.75, 3.05) is 0 Å². The lowest BCUT2D eigenvalue weighted by molar-refractivity contribution is 0.0946. The molecule has 0 saturated heterocycles. The molecule has 2 aromatic carbocycles. The molecule has 6 aromatic rings. The number of carbonyl (C=O) groups is 1. The first-order valence-electron chi connectivity index (χ1n) is 11.9. The van der Waals surface area contributed by atoms with Gasteiger partial charge in [0.1, 0.15) is 22.8 Å². The van der Waals surface area contributed by atoms with Crippen molar-refractivity contribution in [3.63, 3.8) is 0 Å². The lowest BCUT2D eigenvalue weighted by Gasteiger charge is -2.11. The molecular weight excluding hydrogens is 464 g/mol. The van der Waals surface area contributed by atoms with Gasteiger partial charge in [-0.05, 0) is 54.4 Å². The van der Waals surface area contributed by atoms with Crippen LogP contribution in [0.5, 0.6) is 0 Å². The van der Waals surface area contributed by atoms with E-state index in [4.69, 9.17) is 9.40 Å². The summed E-state index contributed by atoms with van der Waals surface area (Å²) in [6.45, 7) is 2.21. The van der Waals surface area contributed by atoms with Crippen LogP contribution >= 0.6 is 0 Å². The van der Waals surface area contributed by atoms with E-state index in [0.29, 0.717) is 29.0 Å². The lowest BCUT2D eigenvalue weighted by atomic mass is 9.99. The summed E-state index contributed by atoms with van der Waals surface area (Å²) in [6, 6.07) is 26.2. The number of furan rings is 1. The van der Waals surface area contributed by atoms with Crippen LogP contribution in [0.15, 0.2) is 100 Å². The first-order chi connectivity index (χ1) is 18.0. The van der Waals surface area contributed by atoms with Crippen molar-refractivity contribution >= 4 is 27.8 Å². The first kappa shape index (κ1) is 22.4. The van der Waals surface area contributed by atoms with E-state index in [-0.39, 0.29) is 17.0 Å². The fourth-order valence-electron chi connectivity index (χ4n) is 4.38. The smallest absolute Gasteiger partial charge is 0.268 e. The van der Waals surface area contributed by atoms with Gasteiger partial charge in [-0.3, -0.25) is 14.6 Å². The summed E-state index contributed by atoms with van der Waals surface area (Å²) in [6.07, 6.45) is 1.75. The van der Waals surface area contributed by atoms with Gasteiger partial charge in [-0.2, -0.15) is 0 Å². The number of nitrogens with zero attached hydrogens (tertiary/aromatic N) is 2. The number of hydrogen-bond acceptors (Lipinski definition) is 5. The summed E-state index contributed by atoms with van der Waals surface area (Å²) >= 11 is 0. The number of aromatic nitrogens is 3. The largest absolute Gasteiger partial charge is 0.460 e. The molecule has 2 N–H and O–H groups in total. The molecule has 0 radical (unpaired) electrons. The van der Waals surface area contributed by atoms with Gasteiger partial charge in [0, 0.05) is 29.8 Å². The highest BCUT2D eigenvalue weighted by Crippen LogP contribution is 2.34. The summed E-state index contributed by atoms with van der Waals surface area (Å²) in [4.78, 5) is 38.2. The van der Waals surface area contributed by atoms with Crippen molar-refractivity contribution in [1.82, 2.24) is 20.3 Å². The number of carbonyl (C=O) groups excluding carboxylic acids is 1. The van der Waals surface area contributed by atoms with Crippen LogP contribution < -0.4 is 10.7 Å². The minimum Gasteiger partial charge on any atom is -0.460 e. The minimum atomic E-state index is -0.383. The highest BCUT2D eigenvalue weighted by molar-refractivity contribution is 5.96. The lowest BCUT2D eigenvalue weighted by Crippen LogP contribution is -2.25. The van der Waals surface area contributed by atoms with E-state index in [1.807, 2.05) is 79.7 Å². The van der Waals surface area contributed by atoms with Gasteiger partial charge < -0.3 is 14.7 Å². The number of aromatic amines is 1. The Bertz CT molecular complexity index is 1840. The molecular formula is C30H22N4O3. The van der Waals surface area contributed by atoms with Crippen molar-refractivity contribution in [1.29, 1.82) is 0 Å². The number of amides is 1. The number of H-pyrrole nitrogens is 1. The van der Waals surface area contributed by atoms with Gasteiger partial charge in [-0.1, -0.05) is 42.5 Å². The molecule has 0 atom stereocenters. The third kappa shape index (κ3) is 4.38. The predicted molar refractivity (Wildman–Crippen MR) is 143 cm³/mol. The van der Waals surface area contributed by atoms with E-state index in [9.17, 15) is 9.59 Å². The van der Waals surface area contributed by atoms with E-state index >= 15 is 0 Å². The molecule has 4 aromatic heterocycles. The number of pyridine rings is 3. The van der Waals surface area contributed by atoms with Crippen molar-refractivity contribution in [3.8, 4) is 22.6 Å². The number of fused-ring (bicyclic) bond motifs is 2. The standard InChI is InChI=1S/C30H22N4O3/c1-18-9-12-27(37-18)28-22(20-10-11-24-21(14-20)8-5-13-31-24)15-23-26(35)16-25(33-29(23)34-28)30(36)32-17-19-6-3-2-4-7-19/h2-16H,17H2,1H3,(H,32,36)(H,33,34,35). The number of hydrogen-bond donors (Lipinski definition) is 2. The highest BCUT2D eigenvalue weighted by atomic mass is 16.3. The second-order valence-corrected chi connectivity index (χ2v) is 8.82. The van der Waals surface area contributed by atoms with Gasteiger partial charge in [-0.25, -0.2) is 4.98 Å². The molecule has 0 aliphatic rings. The van der Waals surface area contributed by atoms with Crippen LogP contribution in [-0.2, 0) is 6.54 Å². The quantitative estimate of drug-likeness (QED) is 0.329. The third-order valence-corrected chi connectivity index (χ3v) is 6.24. The van der Waals surface area contributed by atoms with Crippen molar-refractivity contribution < 1.29 is 9.21 Å². The zero-order chi connectivity index (χ0) is 25.4. The normalized spacial score (nSPS) is 11.2. The van der Waals surface area contributed by atoms with Crippen molar-refractivity contribution in [2.24, 2.45) is 0 Å². The Labute approximate surface area is 211 Å². The molecule has 0 unspecified atom stereocenters. The van der Waals surface area contributed by atoms with Crippen LogP contribution in [0.1, 0.15) is 21.8 Å². The van der Waals surface area contributed by atoms with Crippen LogP contribution in [0.3, 0.4) is 0 Å². The van der Waals surface area contributed by atoms with Gasteiger partial charge in [0.25, 0.3) is 5.91 Å². The Hall–Kier alpha value is -5.04. The summed E-state index contributed by atoms with van der Waals surface area (Å²) in [5, 5.41) is 4.21. The minimum absolute atomic E-state index is 0.145. The zero-order valence-corrected chi connectivity index (χ0v) is 20.0. The number of aryl methyl sites for hydroxylation is 1. The van der Waals surface area contributed by atoms with Gasteiger partial charge in [0.15, 0.2) is 11.2 Å². The zero-order valence-electron chi connectivity index (χ0n) is 20.0. The molecule has 0 bridgehead atoms. The van der Waals surface area contributed by atoms with Crippen molar-refractivity contribution in [2.45, 2.75) is 13.5 Å². The number of benzene rings is 2. The second-order valence-electron chi connectivity index (χ2n) is 8.82. The highest BCUT2D eigenvalue weighted by Gasteiger charge is 2.18. The molecule has 1 amide bonds. The maximum absolute atomic E-state index is 13.2. The molecule has 4 heterocycles. The molecule has 6 rings (SSSR count). The Balaban J connectivity index is 1.46. The van der Waals surface area contributed by atoms with E-state index in [1.165, 1.54) is 6.07 Å². The number of rotatable bonds is 5. The van der Waals surface area contributed by atoms with Crippen LogP contribution in [-0.4, -0.2) is 20.9 Å². The third-order valence-electron chi connectivity index (χ3n) is 6.24. The Kier molecular flexibility index (Phi) is 5.58. The van der Waals surface area contributed by atoms with Crippen LogP contribution in [0.25, 0.3) is 44.5 Å². The molecule has 37 heavy (non-hydrogen) atoms. The maximum atomic E-state index is 13.2. The average molecular weight is 487 g/mol. The second kappa shape index (κ2) is 9.20. The molecule has 0 fully saturated rings. The van der Waals surface area contributed by atoms with Gasteiger partial charge in [-0.15, -0.1) is 0 Å². The number of nitrogens with one attached hydrogen (secondary N) is 2. The average Bonchev–Trinajstić information content (AvgIpc) is 3.37. The molecule has 180 valence electrons. The molecule has 0 aliphatic heterocycles. The fourth-order valence-corrected chi connectivity index (χ4v) is 4.38. The van der Waals surface area contributed by atoms with Crippen molar-refractivity contribution in [3.05, 3.63) is 118 Å². The SMILES string of the molecule is Cc1ccc(-c2nc3[nH]c(C(=O)NCc4ccccc4)cc(=O)c3cc2-c2ccc3ncccc3c2)o1. The molecule has 7 nitrogen and oxygen atoms in total. The van der Waals surface area contributed by atoms with Crippen LogP contribution in [0.4, 0.5) is 0 Å². The maximum Gasteiger partial charge on any atom is 0.268 e. The fraction of sp³-hybridized carbons (Fsp3) is 0.0667. The monoisotopic (exact) mass is 486 g/mol. The first-order valence-corrected chi connectivity index (χ1v) is 11.9. The van der Waals surface area contributed by atoms with E-state index in [1.54, 1.807) is 12.3 Å². The summed E-state index contributed by atoms with van der Waals surface area (Å²) in [5.41, 5.74) is 4.20. The van der Waals surface area contributed by atoms with E-state index in [2.05, 4.69) is 15.3 Å². The Morgan fingerprint density at radius 3 is 2.65 bits per heavy atom. The summed E-state index contributed by atoms with van der Waals surface area (Å²) in [7, 11) is 0. The molecule has 0 saturated carbocycles.